The van der Waals surface area contributed by atoms with Gasteiger partial charge in [-0.25, -0.2) is 9.78 Å². The van der Waals surface area contributed by atoms with E-state index in [2.05, 4.69) is 10.3 Å². The number of anilines is 1. The number of hydrogen-bond donors (Lipinski definition) is 2. The molecule has 1 aromatic carbocycles. The molecule has 2 heterocycles. The molecule has 1 aliphatic rings. The lowest BCUT2D eigenvalue weighted by molar-refractivity contribution is 0.222. The number of thiazole rings is 1. The number of hydrogen-bond acceptors (Lipinski definition) is 4. The third-order valence-corrected chi connectivity index (χ3v) is 4.25. The Hall–Kier alpha value is -1.92. The zero-order chi connectivity index (χ0) is 13.9. The Balaban J connectivity index is 1.67. The van der Waals surface area contributed by atoms with Gasteiger partial charge in [0.05, 0.1) is 4.88 Å². The third kappa shape index (κ3) is 2.81. The molecule has 2 amide bonds. The molecule has 3 N–H and O–H groups in total. The Kier molecular flexibility index (Phi) is 3.66. The number of amides is 2. The average molecular weight is 288 g/mol. The minimum atomic E-state index is -0.119. The number of nitrogens with two attached hydrogens (primary N) is 1. The Bertz CT molecular complexity index is 598. The number of aromatic nitrogens is 1. The van der Waals surface area contributed by atoms with Gasteiger partial charge < -0.3 is 10.6 Å². The molecule has 1 atom stereocenters. The maximum Gasteiger partial charge on any atom is 0.323 e. The lowest BCUT2D eigenvalue weighted by Gasteiger charge is -2.15. The van der Waals surface area contributed by atoms with Crippen molar-refractivity contribution in [3.63, 3.8) is 0 Å². The Morgan fingerprint density at radius 3 is 2.90 bits per heavy atom. The van der Waals surface area contributed by atoms with Crippen LogP contribution in [0.1, 0.15) is 6.42 Å². The molecule has 0 aliphatic carbocycles. The number of likely N-dealkylation sites (tertiary alicyclic amines) is 1. The summed E-state index contributed by atoms with van der Waals surface area (Å²) in [6.45, 7) is 1.33. The molecular weight excluding hydrogens is 272 g/mol. The van der Waals surface area contributed by atoms with Crippen molar-refractivity contribution < 1.29 is 4.79 Å². The SMILES string of the molecule is N[C@@H]1CCN(C(=O)Nc2ncc(-c3ccccc3)s2)C1. The van der Waals surface area contributed by atoms with Crippen molar-refractivity contribution in [3.05, 3.63) is 36.5 Å². The van der Waals surface area contributed by atoms with Crippen molar-refractivity contribution >= 4 is 22.5 Å². The van der Waals surface area contributed by atoms with Crippen LogP contribution in [0.5, 0.6) is 0 Å². The van der Waals surface area contributed by atoms with Gasteiger partial charge in [-0.1, -0.05) is 41.7 Å². The maximum absolute atomic E-state index is 12.0. The molecule has 3 rings (SSSR count). The molecule has 6 heteroatoms. The number of urea groups is 1. The topological polar surface area (TPSA) is 71.2 Å². The van der Waals surface area contributed by atoms with Gasteiger partial charge in [0, 0.05) is 25.3 Å². The Morgan fingerprint density at radius 2 is 2.20 bits per heavy atom. The molecule has 0 bridgehead atoms. The number of carbonyl (C=O) groups is 1. The number of rotatable bonds is 2. The highest BCUT2D eigenvalue weighted by Gasteiger charge is 2.24. The summed E-state index contributed by atoms with van der Waals surface area (Å²) in [5, 5.41) is 3.45. The Morgan fingerprint density at radius 1 is 1.40 bits per heavy atom. The van der Waals surface area contributed by atoms with Crippen molar-refractivity contribution in [2.75, 3.05) is 18.4 Å². The third-order valence-electron chi connectivity index (χ3n) is 3.29. The van der Waals surface area contributed by atoms with E-state index in [9.17, 15) is 4.79 Å². The van der Waals surface area contributed by atoms with Crippen molar-refractivity contribution in [2.24, 2.45) is 5.73 Å². The first-order valence-electron chi connectivity index (χ1n) is 6.55. The minimum Gasteiger partial charge on any atom is -0.326 e. The van der Waals surface area contributed by atoms with Gasteiger partial charge in [0.1, 0.15) is 0 Å². The van der Waals surface area contributed by atoms with Crippen LogP contribution >= 0.6 is 11.3 Å². The van der Waals surface area contributed by atoms with Crippen LogP contribution in [-0.2, 0) is 0 Å². The first-order valence-corrected chi connectivity index (χ1v) is 7.37. The number of nitrogens with one attached hydrogen (secondary N) is 1. The zero-order valence-corrected chi connectivity index (χ0v) is 11.8. The van der Waals surface area contributed by atoms with Crippen molar-refractivity contribution in [1.29, 1.82) is 0 Å². The Labute approximate surface area is 121 Å². The van der Waals surface area contributed by atoms with Gasteiger partial charge in [-0.15, -0.1) is 0 Å². The smallest absolute Gasteiger partial charge is 0.323 e. The van der Waals surface area contributed by atoms with Gasteiger partial charge in [0.15, 0.2) is 5.13 Å². The van der Waals surface area contributed by atoms with Crippen LogP contribution in [0.25, 0.3) is 10.4 Å². The fourth-order valence-electron chi connectivity index (χ4n) is 2.21. The predicted octanol–water partition coefficient (Wildman–Crippen LogP) is 2.38. The second-order valence-electron chi connectivity index (χ2n) is 4.82. The van der Waals surface area contributed by atoms with Gasteiger partial charge in [0.25, 0.3) is 0 Å². The van der Waals surface area contributed by atoms with E-state index in [0.29, 0.717) is 18.2 Å². The first kappa shape index (κ1) is 13.1. The lowest BCUT2D eigenvalue weighted by atomic mass is 10.2. The fraction of sp³-hybridized carbons (Fsp3) is 0.286. The van der Waals surface area contributed by atoms with E-state index in [1.165, 1.54) is 11.3 Å². The highest BCUT2D eigenvalue weighted by molar-refractivity contribution is 7.19. The fourth-order valence-corrected chi connectivity index (χ4v) is 3.02. The summed E-state index contributed by atoms with van der Waals surface area (Å²) >= 11 is 1.47. The van der Waals surface area contributed by atoms with E-state index in [1.54, 1.807) is 11.1 Å². The highest BCUT2D eigenvalue weighted by atomic mass is 32.1. The van der Waals surface area contributed by atoms with Crippen LogP contribution in [0.3, 0.4) is 0 Å². The molecule has 0 radical (unpaired) electrons. The molecule has 5 nitrogen and oxygen atoms in total. The highest BCUT2D eigenvalue weighted by Crippen LogP contribution is 2.28. The number of nitrogens with zero attached hydrogens (tertiary/aromatic N) is 2. The van der Waals surface area contributed by atoms with Gasteiger partial charge in [0.2, 0.25) is 0 Å². The van der Waals surface area contributed by atoms with Crippen LogP contribution < -0.4 is 11.1 Å². The minimum absolute atomic E-state index is 0.0944. The van der Waals surface area contributed by atoms with Crippen molar-refractivity contribution in [2.45, 2.75) is 12.5 Å². The van der Waals surface area contributed by atoms with Gasteiger partial charge >= 0.3 is 6.03 Å². The molecule has 1 fully saturated rings. The second kappa shape index (κ2) is 5.60. The van der Waals surface area contributed by atoms with E-state index in [4.69, 9.17) is 5.73 Å². The van der Waals surface area contributed by atoms with E-state index in [0.717, 1.165) is 16.9 Å². The normalized spacial score (nSPS) is 18.2. The molecule has 1 saturated heterocycles. The summed E-state index contributed by atoms with van der Waals surface area (Å²) in [6, 6.07) is 9.97. The number of carbonyl (C=O) groups excluding carboxylic acids is 1. The molecule has 0 saturated carbocycles. The number of benzene rings is 1. The molecule has 2 aromatic rings. The summed E-state index contributed by atoms with van der Waals surface area (Å²) in [6.07, 6.45) is 2.64. The first-order chi connectivity index (χ1) is 9.72. The second-order valence-corrected chi connectivity index (χ2v) is 5.85. The van der Waals surface area contributed by atoms with Gasteiger partial charge in [-0.05, 0) is 12.0 Å². The summed E-state index contributed by atoms with van der Waals surface area (Å²) in [7, 11) is 0. The summed E-state index contributed by atoms with van der Waals surface area (Å²) in [5.41, 5.74) is 6.91. The van der Waals surface area contributed by atoms with Crippen molar-refractivity contribution in [1.82, 2.24) is 9.88 Å². The quantitative estimate of drug-likeness (QED) is 0.891. The van der Waals surface area contributed by atoms with E-state index >= 15 is 0 Å². The molecule has 0 unspecified atom stereocenters. The van der Waals surface area contributed by atoms with Crippen LogP contribution in [-0.4, -0.2) is 35.0 Å². The van der Waals surface area contributed by atoms with E-state index < -0.39 is 0 Å². The molecule has 1 aliphatic heterocycles. The van der Waals surface area contributed by atoms with E-state index in [1.807, 2.05) is 30.3 Å². The summed E-state index contributed by atoms with van der Waals surface area (Å²) < 4.78 is 0. The zero-order valence-electron chi connectivity index (χ0n) is 11.0. The van der Waals surface area contributed by atoms with Crippen LogP contribution in [0.4, 0.5) is 9.93 Å². The standard InChI is InChI=1S/C14H16N4OS/c15-11-6-7-18(9-11)14(19)17-13-16-8-12(20-13)10-4-2-1-3-5-10/h1-5,8,11H,6-7,9,15H2,(H,16,17,19)/t11-/m1/s1. The van der Waals surface area contributed by atoms with Gasteiger partial charge in [-0.3, -0.25) is 5.32 Å². The van der Waals surface area contributed by atoms with E-state index in [-0.39, 0.29) is 12.1 Å². The predicted molar refractivity (Wildman–Crippen MR) is 80.7 cm³/mol. The largest absolute Gasteiger partial charge is 0.326 e. The van der Waals surface area contributed by atoms with Crippen LogP contribution in [0, 0.1) is 0 Å². The van der Waals surface area contributed by atoms with Crippen molar-refractivity contribution in [3.8, 4) is 10.4 Å². The summed E-state index contributed by atoms with van der Waals surface area (Å²) in [5.74, 6) is 0. The lowest BCUT2D eigenvalue weighted by Crippen LogP contribution is -2.35. The monoisotopic (exact) mass is 288 g/mol. The molecule has 104 valence electrons. The maximum atomic E-state index is 12.0. The van der Waals surface area contributed by atoms with Crippen LogP contribution in [0.2, 0.25) is 0 Å². The van der Waals surface area contributed by atoms with Gasteiger partial charge in [-0.2, -0.15) is 0 Å². The molecule has 1 aromatic heterocycles. The molecule has 20 heavy (non-hydrogen) atoms. The summed E-state index contributed by atoms with van der Waals surface area (Å²) in [4.78, 5) is 19.1. The van der Waals surface area contributed by atoms with Crippen LogP contribution in [0.15, 0.2) is 36.5 Å². The average Bonchev–Trinajstić information content (AvgIpc) is 3.09. The molecule has 0 spiro atoms. The molecular formula is C14H16N4OS.